The second kappa shape index (κ2) is 23.1. The Morgan fingerprint density at radius 1 is 0.273 bits per heavy atom. The van der Waals surface area contributed by atoms with Gasteiger partial charge < -0.3 is 29.2 Å². The van der Waals surface area contributed by atoms with Crippen LogP contribution in [0.2, 0.25) is 0 Å². The van der Waals surface area contributed by atoms with Crippen LogP contribution in [-0.2, 0) is 0 Å². The number of para-hydroxylation sites is 8. The molecule has 6 nitrogen and oxygen atoms in total. The van der Waals surface area contributed by atoms with Crippen LogP contribution in [0.15, 0.2) is 358 Å². The Morgan fingerprint density at radius 2 is 0.707 bits per heavy atom. The molecule has 4 aliphatic rings. The second-order valence-electron chi connectivity index (χ2n) is 25.8. The van der Waals surface area contributed by atoms with E-state index in [2.05, 4.69) is 382 Å². The maximum atomic E-state index is 8.03. The summed E-state index contributed by atoms with van der Waals surface area (Å²) in [5, 5.41) is 2.47. The largest absolute Gasteiger partial charge is 0.458 e. The summed E-state index contributed by atoms with van der Waals surface area (Å²) in [7, 11) is 0. The predicted octanol–water partition coefficient (Wildman–Crippen LogP) is 20.8. The SMILES string of the molecule is c1ccc(-c2cccc(-c3ccccc3)c2N(c2ccccc2)c2cc3c4c(c2)N(c2cccc5sc6ccccc6c25)c2ccccc2B4c2cc4c(cc2O3)N(c2ccccc2)c2cc(N(c3ccccc3)c3ccccc3)cc3c2B4c2ccccc2N3c2ccccc2)cc1. The van der Waals surface area contributed by atoms with Crippen molar-refractivity contribution < 1.29 is 4.74 Å². The van der Waals surface area contributed by atoms with Gasteiger partial charge in [-0.15, -0.1) is 11.3 Å². The summed E-state index contributed by atoms with van der Waals surface area (Å²) in [5.74, 6) is 1.62. The average Bonchev–Trinajstić information content (AvgIpc) is 0.962. The summed E-state index contributed by atoms with van der Waals surface area (Å²) >= 11 is 1.85. The molecule has 9 heteroatoms. The lowest BCUT2D eigenvalue weighted by molar-refractivity contribution is 0.488. The highest BCUT2D eigenvalue weighted by molar-refractivity contribution is 7.26. The number of fused-ring (bicyclic) bond motifs is 11. The lowest BCUT2D eigenvalue weighted by Crippen LogP contribution is -2.64. The van der Waals surface area contributed by atoms with Gasteiger partial charge in [0.15, 0.2) is 0 Å². The van der Waals surface area contributed by atoms with Crippen LogP contribution in [0, 0.1) is 0 Å². The second-order valence-corrected chi connectivity index (χ2v) is 26.9. The van der Waals surface area contributed by atoms with Crippen molar-refractivity contribution in [3.63, 3.8) is 0 Å². The molecule has 20 rings (SSSR count). The van der Waals surface area contributed by atoms with Crippen molar-refractivity contribution in [1.82, 2.24) is 0 Å². The molecule has 0 amide bonds. The molecular formula is C90H59B2N5OS. The van der Waals surface area contributed by atoms with E-state index in [0.717, 1.165) is 130 Å². The van der Waals surface area contributed by atoms with Gasteiger partial charge in [-0.2, -0.15) is 0 Å². The van der Waals surface area contributed by atoms with Gasteiger partial charge in [0.2, 0.25) is 0 Å². The summed E-state index contributed by atoms with van der Waals surface area (Å²) in [6.45, 7) is -0.433. The molecule has 0 bridgehead atoms. The molecule has 5 heterocycles. The van der Waals surface area contributed by atoms with Crippen LogP contribution in [0.1, 0.15) is 0 Å². The molecule has 0 saturated carbocycles. The summed E-state index contributed by atoms with van der Waals surface area (Å²) in [5.41, 5.74) is 27.7. The van der Waals surface area contributed by atoms with E-state index in [1.165, 1.54) is 42.0 Å². The highest BCUT2D eigenvalue weighted by Crippen LogP contribution is 2.54. The van der Waals surface area contributed by atoms with Crippen LogP contribution in [0.4, 0.5) is 85.3 Å². The minimum atomic E-state index is -0.246. The first-order chi connectivity index (χ1) is 49.2. The van der Waals surface area contributed by atoms with E-state index < -0.39 is 0 Å². The normalized spacial score (nSPS) is 12.8. The van der Waals surface area contributed by atoms with Gasteiger partial charge in [0.25, 0.3) is 13.4 Å². The van der Waals surface area contributed by atoms with Crippen LogP contribution >= 0.6 is 11.3 Å². The molecule has 0 fully saturated rings. The smallest absolute Gasteiger partial charge is 0.256 e. The highest BCUT2D eigenvalue weighted by Gasteiger charge is 2.48. The quantitative estimate of drug-likeness (QED) is 0.120. The third-order valence-corrected chi connectivity index (χ3v) is 21.5. The van der Waals surface area contributed by atoms with E-state index in [1.807, 2.05) is 11.3 Å². The minimum Gasteiger partial charge on any atom is -0.458 e. The van der Waals surface area contributed by atoms with Crippen LogP contribution in [0.3, 0.4) is 0 Å². The molecule has 0 N–H and O–H groups in total. The molecule has 4 aliphatic heterocycles. The Labute approximate surface area is 580 Å². The molecule has 1 aromatic heterocycles. The van der Waals surface area contributed by atoms with Gasteiger partial charge in [-0.25, -0.2) is 0 Å². The lowest BCUT2D eigenvalue weighted by atomic mass is 9.30. The first-order valence-corrected chi connectivity index (χ1v) is 34.8. The van der Waals surface area contributed by atoms with Gasteiger partial charge in [0.05, 0.1) is 22.7 Å². The topological polar surface area (TPSA) is 25.4 Å². The van der Waals surface area contributed by atoms with Crippen molar-refractivity contribution in [1.29, 1.82) is 0 Å². The highest BCUT2D eigenvalue weighted by atomic mass is 32.1. The van der Waals surface area contributed by atoms with Crippen molar-refractivity contribution in [2.75, 3.05) is 24.5 Å². The number of nitrogens with zero attached hydrogens (tertiary/aromatic N) is 5. The predicted molar refractivity (Wildman–Crippen MR) is 419 cm³/mol. The molecular weight excluding hydrogens is 1220 g/mol. The van der Waals surface area contributed by atoms with Crippen molar-refractivity contribution in [2.24, 2.45) is 0 Å². The molecule has 0 unspecified atom stereocenters. The van der Waals surface area contributed by atoms with Crippen LogP contribution < -0.4 is 62.0 Å². The number of thiophene rings is 1. The third kappa shape index (κ3) is 9.05. The van der Waals surface area contributed by atoms with E-state index in [4.69, 9.17) is 4.74 Å². The molecule has 0 radical (unpaired) electrons. The van der Waals surface area contributed by atoms with Gasteiger partial charge in [-0.3, -0.25) is 0 Å². The molecule has 462 valence electrons. The monoisotopic (exact) mass is 1280 g/mol. The minimum absolute atomic E-state index is 0.187. The fourth-order valence-electron chi connectivity index (χ4n) is 16.4. The number of anilines is 15. The maximum Gasteiger partial charge on any atom is 0.256 e. The zero-order valence-corrected chi connectivity index (χ0v) is 54.6. The van der Waals surface area contributed by atoms with Gasteiger partial charge in [0.1, 0.15) is 11.5 Å². The molecule has 0 spiro atoms. The number of hydrogen-bond acceptors (Lipinski definition) is 7. The number of rotatable bonds is 11. The summed E-state index contributed by atoms with van der Waals surface area (Å²) < 4.78 is 10.5. The molecule has 99 heavy (non-hydrogen) atoms. The standard InChI is InChI=1S/C90H59B2N5OS/c1-8-30-60(31-9-1)69-45-28-46-70(61-32-10-2-11-33-61)90(69)94(64-38-16-5-17-39-64)68-56-82-89-84(57-68)98-83-59-79-74(58-75(83)92(89)73-48-24-26-50-77(73)97(82)78-51-29-53-86-87(78)71-44-22-27-52-85(71)99-86)91-72-47-23-25-49-76(72)95(65-40-18-6-19-41-65)80-54-67(55-81(88(80)91)96(79)66-42-20-7-21-43-66)93(62-34-12-3-13-35-62)63-36-14-4-15-37-63/h1-59H. The Hall–Kier alpha value is -12.6. The molecule has 0 aliphatic carbocycles. The van der Waals surface area contributed by atoms with Gasteiger partial charge in [-0.1, -0.05) is 237 Å². The van der Waals surface area contributed by atoms with Crippen LogP contribution in [0.25, 0.3) is 42.4 Å². The number of ether oxygens (including phenoxy) is 1. The lowest BCUT2D eigenvalue weighted by Gasteiger charge is -2.46. The number of hydrogen-bond donors (Lipinski definition) is 0. The van der Waals surface area contributed by atoms with Crippen LogP contribution in [-0.4, -0.2) is 13.4 Å². The average molecular weight is 1280 g/mol. The van der Waals surface area contributed by atoms with Gasteiger partial charge in [0, 0.05) is 106 Å². The molecule has 15 aromatic carbocycles. The van der Waals surface area contributed by atoms with Gasteiger partial charge >= 0.3 is 0 Å². The summed E-state index contributed by atoms with van der Waals surface area (Å²) in [4.78, 5) is 12.5. The molecule has 16 aromatic rings. The molecule has 0 atom stereocenters. The summed E-state index contributed by atoms with van der Waals surface area (Å²) in [6, 6.07) is 131. The Kier molecular flexibility index (Phi) is 13.2. The van der Waals surface area contributed by atoms with Gasteiger partial charge in [-0.05, 0) is 153 Å². The fourth-order valence-corrected chi connectivity index (χ4v) is 17.5. The van der Waals surface area contributed by atoms with Crippen molar-refractivity contribution >= 4 is 163 Å². The summed E-state index contributed by atoms with van der Waals surface area (Å²) in [6.07, 6.45) is 0. The van der Waals surface area contributed by atoms with E-state index in [9.17, 15) is 0 Å². The zero-order chi connectivity index (χ0) is 65.1. The Balaban J connectivity index is 0.879. The van der Waals surface area contributed by atoms with E-state index in [1.54, 1.807) is 0 Å². The van der Waals surface area contributed by atoms with E-state index in [0.29, 0.717) is 0 Å². The fraction of sp³-hybridized carbons (Fsp3) is 0. The Morgan fingerprint density at radius 3 is 1.29 bits per heavy atom. The number of benzene rings is 15. The van der Waals surface area contributed by atoms with Crippen molar-refractivity contribution in [2.45, 2.75) is 0 Å². The Bertz CT molecular complexity index is 5730. The maximum absolute atomic E-state index is 8.03. The van der Waals surface area contributed by atoms with E-state index >= 15 is 0 Å². The van der Waals surface area contributed by atoms with E-state index in [-0.39, 0.29) is 13.4 Å². The van der Waals surface area contributed by atoms with Crippen molar-refractivity contribution in [3.8, 4) is 33.8 Å². The zero-order valence-electron chi connectivity index (χ0n) is 53.8. The van der Waals surface area contributed by atoms with Crippen molar-refractivity contribution in [3.05, 3.63) is 358 Å². The third-order valence-electron chi connectivity index (χ3n) is 20.4. The first kappa shape index (κ1) is 56.8. The first-order valence-electron chi connectivity index (χ1n) is 34.0. The molecule has 0 saturated heterocycles. The van der Waals surface area contributed by atoms with Crippen LogP contribution in [0.5, 0.6) is 11.5 Å².